The molecule has 0 saturated carbocycles. The van der Waals surface area contributed by atoms with Gasteiger partial charge in [-0.15, -0.1) is 0 Å². The van der Waals surface area contributed by atoms with Crippen molar-refractivity contribution in [2.24, 2.45) is 0 Å². The molecule has 0 N–H and O–H groups in total. The van der Waals surface area contributed by atoms with Crippen LogP contribution in [0.15, 0.2) is 53.4 Å². The number of nitrogens with zero attached hydrogens (tertiary/aromatic N) is 1. The predicted octanol–water partition coefficient (Wildman–Crippen LogP) is 3.91. The van der Waals surface area contributed by atoms with Crippen LogP contribution in [0.1, 0.15) is 49.5 Å². The summed E-state index contributed by atoms with van der Waals surface area (Å²) in [5.74, 6) is 0. The van der Waals surface area contributed by atoms with Gasteiger partial charge in [-0.1, -0.05) is 42.0 Å². The topological polar surface area (TPSA) is 76.2 Å². The molecule has 152 valence electrons. The maximum Gasteiger partial charge on any atom is 0.411 e. The normalized spacial score (nSPS) is 29.4. The van der Waals surface area contributed by atoms with Crippen LogP contribution in [-0.2, 0) is 19.3 Å². The molecule has 5 rings (SSSR count). The molecule has 7 heteroatoms. The summed E-state index contributed by atoms with van der Waals surface area (Å²) in [5, 5.41) is 0. The first-order valence-electron chi connectivity index (χ1n) is 9.67. The van der Waals surface area contributed by atoms with E-state index in [9.17, 15) is 13.2 Å². The number of hydrogen-bond donors (Lipinski definition) is 0. The number of amides is 1. The molecule has 0 unspecified atom stereocenters. The molecule has 2 aromatic rings. The molecule has 29 heavy (non-hydrogen) atoms. The molecule has 0 spiro atoms. The van der Waals surface area contributed by atoms with Gasteiger partial charge in [0, 0.05) is 0 Å². The van der Waals surface area contributed by atoms with Gasteiger partial charge in [-0.25, -0.2) is 13.2 Å². The molecule has 1 amide bonds. The van der Waals surface area contributed by atoms with Crippen molar-refractivity contribution in [3.8, 4) is 0 Å². The maximum atomic E-state index is 13.7. The number of carbonyl (C=O) groups excluding carboxylic acids is 1. The Labute approximate surface area is 170 Å². The molecule has 0 radical (unpaired) electrons. The van der Waals surface area contributed by atoms with Crippen molar-refractivity contribution < 1.29 is 22.7 Å². The lowest BCUT2D eigenvalue weighted by molar-refractivity contribution is 0.00231. The summed E-state index contributed by atoms with van der Waals surface area (Å²) in [4.78, 5) is 13.4. The van der Waals surface area contributed by atoms with E-state index in [1.165, 1.54) is 0 Å². The third kappa shape index (κ3) is 2.37. The van der Waals surface area contributed by atoms with Gasteiger partial charge in [-0.3, -0.25) is 4.90 Å². The Bertz CT molecular complexity index is 1120. The first-order valence-corrected chi connectivity index (χ1v) is 11.2. The number of fused-ring (bicyclic) bond motifs is 8. The third-order valence-corrected chi connectivity index (χ3v) is 8.15. The summed E-state index contributed by atoms with van der Waals surface area (Å²) in [5.41, 5.74) is 2.04. The van der Waals surface area contributed by atoms with E-state index in [-0.39, 0.29) is 4.90 Å². The van der Waals surface area contributed by atoms with Crippen LogP contribution in [-0.4, -0.2) is 36.0 Å². The Morgan fingerprint density at radius 3 is 2.31 bits per heavy atom. The highest BCUT2D eigenvalue weighted by Gasteiger charge is 2.84. The smallest absolute Gasteiger partial charge is 0.411 e. The van der Waals surface area contributed by atoms with E-state index in [1.54, 1.807) is 49.9 Å². The number of epoxide rings is 1. The van der Waals surface area contributed by atoms with E-state index < -0.39 is 44.7 Å². The molecule has 4 atom stereocenters. The largest absolute Gasteiger partial charge is 0.444 e. The molecule has 0 aromatic heterocycles. The summed E-state index contributed by atoms with van der Waals surface area (Å²) in [6.45, 7) is 7.30. The van der Waals surface area contributed by atoms with Gasteiger partial charge in [0.2, 0.25) is 14.8 Å². The predicted molar refractivity (Wildman–Crippen MR) is 106 cm³/mol. The molecule has 3 aliphatic rings. The number of benzene rings is 2. The minimum Gasteiger partial charge on any atom is -0.444 e. The van der Waals surface area contributed by atoms with E-state index in [0.717, 1.165) is 16.7 Å². The Kier molecular flexibility index (Phi) is 3.60. The fourth-order valence-corrected chi connectivity index (χ4v) is 6.74. The molecule has 2 fully saturated rings. The lowest BCUT2D eigenvalue weighted by Gasteiger charge is -2.30. The lowest BCUT2D eigenvalue weighted by atomic mass is 9.92. The van der Waals surface area contributed by atoms with Crippen molar-refractivity contribution in [2.75, 3.05) is 0 Å². The molecule has 3 heterocycles. The number of morpholine rings is 1. The van der Waals surface area contributed by atoms with E-state index in [0.29, 0.717) is 0 Å². The Morgan fingerprint density at radius 2 is 1.69 bits per heavy atom. The Hall–Kier alpha value is -2.38. The zero-order valence-electron chi connectivity index (χ0n) is 16.7. The van der Waals surface area contributed by atoms with Crippen molar-refractivity contribution in [3.63, 3.8) is 0 Å². The minimum atomic E-state index is -3.84. The molecule has 6 nitrogen and oxygen atoms in total. The maximum absolute atomic E-state index is 13.7. The average Bonchev–Trinajstić information content (AvgIpc) is 3.23. The number of rotatable bonds is 2. The van der Waals surface area contributed by atoms with Crippen LogP contribution in [0.25, 0.3) is 0 Å². The monoisotopic (exact) mass is 413 g/mol. The van der Waals surface area contributed by atoms with Gasteiger partial charge in [-0.2, -0.15) is 0 Å². The van der Waals surface area contributed by atoms with Gasteiger partial charge >= 0.3 is 6.09 Å². The number of carbonyl (C=O) groups is 1. The Morgan fingerprint density at radius 1 is 1.07 bits per heavy atom. The van der Waals surface area contributed by atoms with Crippen molar-refractivity contribution in [3.05, 3.63) is 65.2 Å². The van der Waals surface area contributed by atoms with Crippen LogP contribution in [0.2, 0.25) is 0 Å². The zero-order valence-corrected chi connectivity index (χ0v) is 17.6. The highest BCUT2D eigenvalue weighted by Crippen LogP contribution is 2.71. The van der Waals surface area contributed by atoms with E-state index >= 15 is 0 Å². The summed E-state index contributed by atoms with van der Waals surface area (Å²) >= 11 is 0. The van der Waals surface area contributed by atoms with Gasteiger partial charge in [-0.05, 0) is 51.0 Å². The van der Waals surface area contributed by atoms with Crippen molar-refractivity contribution in [1.82, 2.24) is 4.90 Å². The fourth-order valence-electron chi connectivity index (χ4n) is 4.68. The number of hydrogen-bond acceptors (Lipinski definition) is 5. The van der Waals surface area contributed by atoms with Crippen LogP contribution in [0.5, 0.6) is 0 Å². The minimum absolute atomic E-state index is 0.208. The standard InChI is InChI=1S/C22H23NO5S/c1-13-9-11-14(12-10-13)29(25,26)22-18-16-8-6-5-7-15(16)17(19(22)27-22)23(18)20(24)28-21(2,3)4/h5-12,17-19H,1-4H3/t17-,18+,19-,22-/m0/s1. The van der Waals surface area contributed by atoms with Gasteiger partial charge in [0.25, 0.3) is 0 Å². The van der Waals surface area contributed by atoms with Crippen LogP contribution in [0.4, 0.5) is 4.79 Å². The highest BCUT2D eigenvalue weighted by molar-refractivity contribution is 7.93. The van der Waals surface area contributed by atoms with Crippen molar-refractivity contribution >= 4 is 15.9 Å². The van der Waals surface area contributed by atoms with Gasteiger partial charge in [0.05, 0.1) is 10.9 Å². The van der Waals surface area contributed by atoms with Crippen molar-refractivity contribution in [2.45, 2.75) is 61.3 Å². The van der Waals surface area contributed by atoms with E-state index in [2.05, 4.69) is 0 Å². The molecule has 0 aliphatic carbocycles. The summed E-state index contributed by atoms with van der Waals surface area (Å²) in [6, 6.07) is 13.1. The zero-order chi connectivity index (χ0) is 20.8. The molecule has 3 aliphatic heterocycles. The summed E-state index contributed by atoms with van der Waals surface area (Å²) in [7, 11) is -3.84. The molecular weight excluding hydrogens is 390 g/mol. The number of sulfone groups is 1. The van der Waals surface area contributed by atoms with Crippen molar-refractivity contribution in [1.29, 1.82) is 0 Å². The van der Waals surface area contributed by atoms with Crippen LogP contribution >= 0.6 is 0 Å². The highest BCUT2D eigenvalue weighted by atomic mass is 32.2. The van der Waals surface area contributed by atoms with Gasteiger partial charge < -0.3 is 9.47 Å². The van der Waals surface area contributed by atoms with Crippen LogP contribution < -0.4 is 0 Å². The number of aryl methyl sites for hydroxylation is 1. The molecule has 2 saturated heterocycles. The molecule has 2 bridgehead atoms. The average molecular weight is 413 g/mol. The fraction of sp³-hybridized carbons (Fsp3) is 0.409. The van der Waals surface area contributed by atoms with Gasteiger partial charge in [0.15, 0.2) is 0 Å². The lowest BCUT2D eigenvalue weighted by Crippen LogP contribution is -2.41. The summed E-state index contributed by atoms with van der Waals surface area (Å²) < 4.78 is 38.9. The first-order chi connectivity index (χ1) is 13.6. The molecule has 2 aromatic carbocycles. The third-order valence-electron chi connectivity index (χ3n) is 5.86. The second-order valence-electron chi connectivity index (χ2n) is 8.94. The van der Waals surface area contributed by atoms with E-state index in [4.69, 9.17) is 9.47 Å². The van der Waals surface area contributed by atoms with Gasteiger partial charge in [0.1, 0.15) is 17.7 Å². The Balaban J connectivity index is 1.63. The van der Waals surface area contributed by atoms with E-state index in [1.807, 2.05) is 31.2 Å². The second kappa shape index (κ2) is 5.61. The SMILES string of the molecule is Cc1ccc(S(=O)(=O)[C@]23O[C@H]2[C@@H]2c4ccccc4[C@H]3N2C(=O)OC(C)(C)C)cc1. The van der Waals surface area contributed by atoms with Crippen LogP contribution in [0.3, 0.4) is 0 Å². The summed E-state index contributed by atoms with van der Waals surface area (Å²) in [6.07, 6.45) is -1.11. The number of ether oxygens (including phenoxy) is 2. The second-order valence-corrected chi connectivity index (χ2v) is 11.1. The quantitative estimate of drug-likeness (QED) is 0.698. The van der Waals surface area contributed by atoms with Crippen LogP contribution in [0, 0.1) is 6.92 Å². The molecular formula is C22H23NO5S. The first kappa shape index (κ1) is 18.6.